The Labute approximate surface area is 178 Å². The van der Waals surface area contributed by atoms with Crippen molar-refractivity contribution in [2.75, 3.05) is 9.62 Å². The van der Waals surface area contributed by atoms with Gasteiger partial charge in [-0.2, -0.15) is 5.26 Å². The van der Waals surface area contributed by atoms with Crippen LogP contribution >= 0.6 is 0 Å². The number of hydrogen-bond acceptors (Lipinski definition) is 4. The monoisotopic (exact) mass is 443 g/mol. The van der Waals surface area contributed by atoms with Gasteiger partial charge in [-0.05, 0) is 60.4 Å². The van der Waals surface area contributed by atoms with Crippen LogP contribution in [0.15, 0.2) is 54.6 Å². The highest BCUT2D eigenvalue weighted by Crippen LogP contribution is 2.40. The van der Waals surface area contributed by atoms with Gasteiger partial charge in [0.15, 0.2) is 11.6 Å². The van der Waals surface area contributed by atoms with Crippen LogP contribution in [0.3, 0.4) is 0 Å². The fourth-order valence-electron chi connectivity index (χ4n) is 3.26. The normalized spacial score (nSPS) is 13.1. The fraction of sp³-hybridized carbons (Fsp3) is 0.136. The maximum atomic E-state index is 14.8. The molecule has 0 heterocycles. The lowest BCUT2D eigenvalue weighted by molar-refractivity contribution is 0.511. The first-order valence-electron chi connectivity index (χ1n) is 9.37. The predicted molar refractivity (Wildman–Crippen MR) is 112 cm³/mol. The van der Waals surface area contributed by atoms with E-state index in [1.165, 1.54) is 12.1 Å². The fourth-order valence-corrected chi connectivity index (χ4v) is 4.10. The Bertz CT molecular complexity index is 1260. The van der Waals surface area contributed by atoms with E-state index in [0.29, 0.717) is 29.5 Å². The maximum absolute atomic E-state index is 14.8. The average molecular weight is 443 g/mol. The van der Waals surface area contributed by atoms with Gasteiger partial charge in [-0.15, -0.1) is 0 Å². The predicted octanol–water partition coefficient (Wildman–Crippen LogP) is 4.88. The van der Waals surface area contributed by atoms with Crippen LogP contribution < -0.4 is 9.62 Å². The standard InChI is InChI=1S/C22H16F3N3O2S/c23-17-8-10-20(28(31(29)30)16-6-7-16)22(21(17)25)27-19-9-5-15(11-18(19)24)14-3-1-13(12-26)2-4-14/h1-5,8-11,16,27,31H,6-7H2. The maximum Gasteiger partial charge on any atom is 0.225 e. The molecule has 1 aliphatic carbocycles. The molecule has 0 atom stereocenters. The summed E-state index contributed by atoms with van der Waals surface area (Å²) in [5, 5.41) is 11.4. The summed E-state index contributed by atoms with van der Waals surface area (Å²) in [5.41, 5.74) is 0.998. The minimum absolute atomic E-state index is 0.0759. The summed E-state index contributed by atoms with van der Waals surface area (Å²) in [4.78, 5) is 0. The van der Waals surface area contributed by atoms with Crippen LogP contribution in [0, 0.1) is 28.8 Å². The molecule has 0 aromatic heterocycles. The smallest absolute Gasteiger partial charge is 0.225 e. The quantitative estimate of drug-likeness (QED) is 0.533. The van der Waals surface area contributed by atoms with E-state index in [1.807, 2.05) is 6.07 Å². The number of rotatable bonds is 6. The molecule has 9 heteroatoms. The number of nitrogens with zero attached hydrogens (tertiary/aromatic N) is 2. The van der Waals surface area contributed by atoms with Gasteiger partial charge in [0.1, 0.15) is 11.5 Å². The van der Waals surface area contributed by atoms with Crippen molar-refractivity contribution < 1.29 is 21.6 Å². The molecule has 0 saturated heterocycles. The molecule has 4 rings (SSSR count). The van der Waals surface area contributed by atoms with E-state index in [9.17, 15) is 21.6 Å². The minimum Gasteiger partial charge on any atom is -0.349 e. The third-order valence-electron chi connectivity index (χ3n) is 4.96. The number of anilines is 3. The number of hydrogen-bond donors (Lipinski definition) is 2. The molecule has 1 aliphatic rings. The second-order valence-corrected chi connectivity index (χ2v) is 7.98. The van der Waals surface area contributed by atoms with Crippen molar-refractivity contribution in [3.8, 4) is 17.2 Å². The number of halogens is 3. The molecule has 158 valence electrons. The van der Waals surface area contributed by atoms with Crippen LogP contribution in [-0.4, -0.2) is 14.5 Å². The highest BCUT2D eigenvalue weighted by molar-refractivity contribution is 7.74. The van der Waals surface area contributed by atoms with E-state index < -0.39 is 34.0 Å². The molecule has 31 heavy (non-hydrogen) atoms. The van der Waals surface area contributed by atoms with Gasteiger partial charge in [-0.3, -0.25) is 4.31 Å². The van der Waals surface area contributed by atoms with E-state index in [1.54, 1.807) is 30.3 Å². The largest absolute Gasteiger partial charge is 0.349 e. The molecule has 0 aliphatic heterocycles. The van der Waals surface area contributed by atoms with Gasteiger partial charge in [0.25, 0.3) is 0 Å². The molecular formula is C22H16F3N3O2S. The Morgan fingerprint density at radius 3 is 2.19 bits per heavy atom. The summed E-state index contributed by atoms with van der Waals surface area (Å²) < 4.78 is 67.7. The topological polar surface area (TPSA) is 73.2 Å². The average Bonchev–Trinajstić information content (AvgIpc) is 3.59. The van der Waals surface area contributed by atoms with Crippen LogP contribution in [0.25, 0.3) is 11.1 Å². The zero-order valence-corrected chi connectivity index (χ0v) is 16.9. The number of thiol groups is 1. The van der Waals surface area contributed by atoms with Crippen LogP contribution in [0.5, 0.6) is 0 Å². The number of nitriles is 1. The number of nitrogens with one attached hydrogen (secondary N) is 1. The van der Waals surface area contributed by atoms with Gasteiger partial charge in [-0.1, -0.05) is 18.2 Å². The van der Waals surface area contributed by atoms with Gasteiger partial charge in [0.2, 0.25) is 10.9 Å². The highest BCUT2D eigenvalue weighted by Gasteiger charge is 2.34. The van der Waals surface area contributed by atoms with Crippen molar-refractivity contribution in [2.24, 2.45) is 0 Å². The van der Waals surface area contributed by atoms with E-state index in [0.717, 1.165) is 16.4 Å². The summed E-state index contributed by atoms with van der Waals surface area (Å²) in [6.45, 7) is 0. The molecule has 3 aromatic carbocycles. The summed E-state index contributed by atoms with van der Waals surface area (Å²) >= 11 is 0. The first-order valence-corrected chi connectivity index (χ1v) is 10.5. The minimum atomic E-state index is -3.09. The van der Waals surface area contributed by atoms with Crippen molar-refractivity contribution in [1.82, 2.24) is 0 Å². The Morgan fingerprint density at radius 1 is 0.935 bits per heavy atom. The highest BCUT2D eigenvalue weighted by atomic mass is 32.2. The lowest BCUT2D eigenvalue weighted by Crippen LogP contribution is -2.25. The van der Waals surface area contributed by atoms with E-state index in [-0.39, 0.29) is 17.4 Å². The molecule has 1 saturated carbocycles. The van der Waals surface area contributed by atoms with Gasteiger partial charge in [0.05, 0.1) is 23.0 Å². The first kappa shape index (κ1) is 20.8. The zero-order chi connectivity index (χ0) is 22.1. The molecule has 0 radical (unpaired) electrons. The molecular weight excluding hydrogens is 427 g/mol. The molecule has 0 bridgehead atoms. The van der Waals surface area contributed by atoms with E-state index >= 15 is 0 Å². The van der Waals surface area contributed by atoms with Gasteiger partial charge in [0, 0.05) is 6.04 Å². The third kappa shape index (κ3) is 4.20. The Morgan fingerprint density at radius 2 is 1.61 bits per heavy atom. The SMILES string of the molecule is N#Cc1ccc(-c2ccc(Nc3c(N(C4CC4)[SH](=O)=O)ccc(F)c3F)c(F)c2)cc1. The third-order valence-corrected chi connectivity index (χ3v) is 5.86. The van der Waals surface area contributed by atoms with Crippen LogP contribution in [-0.2, 0) is 10.9 Å². The van der Waals surface area contributed by atoms with E-state index in [2.05, 4.69) is 5.32 Å². The first-order chi connectivity index (χ1) is 14.9. The van der Waals surface area contributed by atoms with Gasteiger partial charge < -0.3 is 5.32 Å². The van der Waals surface area contributed by atoms with Crippen LogP contribution in [0.1, 0.15) is 18.4 Å². The molecule has 1 N–H and O–H groups in total. The lowest BCUT2D eigenvalue weighted by Gasteiger charge is -2.22. The molecule has 1 fully saturated rings. The van der Waals surface area contributed by atoms with Crippen LogP contribution in [0.2, 0.25) is 0 Å². The molecule has 0 amide bonds. The van der Waals surface area contributed by atoms with Crippen molar-refractivity contribution in [2.45, 2.75) is 18.9 Å². The lowest BCUT2D eigenvalue weighted by atomic mass is 10.0. The summed E-state index contributed by atoms with van der Waals surface area (Å²) in [6, 6.07) is 14.4. The molecule has 3 aromatic rings. The van der Waals surface area contributed by atoms with Gasteiger partial charge >= 0.3 is 0 Å². The van der Waals surface area contributed by atoms with Crippen molar-refractivity contribution in [3.63, 3.8) is 0 Å². The number of benzene rings is 3. The molecule has 5 nitrogen and oxygen atoms in total. The Balaban J connectivity index is 1.70. The summed E-state index contributed by atoms with van der Waals surface area (Å²) in [7, 11) is -3.09. The Hall–Kier alpha value is -3.51. The van der Waals surface area contributed by atoms with Crippen molar-refractivity contribution in [3.05, 3.63) is 77.6 Å². The second-order valence-electron chi connectivity index (χ2n) is 7.08. The summed E-state index contributed by atoms with van der Waals surface area (Å²) in [6.07, 6.45) is 1.21. The van der Waals surface area contributed by atoms with Crippen molar-refractivity contribution >= 4 is 28.0 Å². The van der Waals surface area contributed by atoms with Gasteiger partial charge in [-0.25, -0.2) is 21.6 Å². The second kappa shape index (κ2) is 8.32. The Kier molecular flexibility index (Phi) is 5.57. The molecule has 0 unspecified atom stereocenters. The zero-order valence-electron chi connectivity index (χ0n) is 16.0. The molecule has 0 spiro atoms. The summed E-state index contributed by atoms with van der Waals surface area (Å²) in [5.74, 6) is -3.21. The van der Waals surface area contributed by atoms with Crippen LogP contribution in [0.4, 0.5) is 30.2 Å². The van der Waals surface area contributed by atoms with Crippen molar-refractivity contribution in [1.29, 1.82) is 5.26 Å². The van der Waals surface area contributed by atoms with E-state index in [4.69, 9.17) is 5.26 Å².